The predicted molar refractivity (Wildman–Crippen MR) is 93.9 cm³/mol. The van der Waals surface area contributed by atoms with Crippen molar-refractivity contribution in [3.63, 3.8) is 0 Å². The first-order chi connectivity index (χ1) is 12.0. The maximum atomic E-state index is 12.7. The number of sulfone groups is 1. The van der Waals surface area contributed by atoms with Crippen molar-refractivity contribution in [2.45, 2.75) is 4.90 Å². The average Bonchev–Trinajstić information content (AvgIpc) is 2.81. The monoisotopic (exact) mass is 437 g/mol. The molecule has 0 spiro atoms. The van der Waals surface area contributed by atoms with Crippen molar-refractivity contribution in [2.75, 3.05) is 10.8 Å². The van der Waals surface area contributed by atoms with E-state index in [0.29, 0.717) is 0 Å². The van der Waals surface area contributed by atoms with E-state index in [-0.39, 0.29) is 26.2 Å². The summed E-state index contributed by atoms with van der Waals surface area (Å²) < 4.78 is 59.0. The van der Waals surface area contributed by atoms with Crippen LogP contribution in [0.4, 0.5) is 5.69 Å². The maximum Gasteiger partial charge on any atom is 0.446 e. The molecule has 1 amide bonds. The highest BCUT2D eigenvalue weighted by Gasteiger charge is 2.36. The van der Waals surface area contributed by atoms with E-state index < -0.39 is 37.8 Å². The lowest BCUT2D eigenvalue weighted by Crippen LogP contribution is -2.30. The Hall–Kier alpha value is -1.85. The Morgan fingerprint density at radius 2 is 1.73 bits per heavy atom. The molecule has 0 saturated heterocycles. The molecule has 26 heavy (non-hydrogen) atoms. The summed E-state index contributed by atoms with van der Waals surface area (Å²) in [5.74, 6) is -1.81. The van der Waals surface area contributed by atoms with Crippen LogP contribution in [0.1, 0.15) is 10.4 Å². The van der Waals surface area contributed by atoms with E-state index in [9.17, 15) is 21.6 Å². The second-order valence-electron chi connectivity index (χ2n) is 5.22. The number of carbonyl (C=O) groups is 1. The van der Waals surface area contributed by atoms with E-state index in [2.05, 4.69) is 4.18 Å². The number of halogens is 2. The zero-order chi connectivity index (χ0) is 19.3. The fourth-order valence-electron chi connectivity index (χ4n) is 2.44. The number of fused-ring (bicyclic) bond motifs is 1. The number of rotatable bonds is 3. The quantitative estimate of drug-likeness (QED) is 0.732. The van der Waals surface area contributed by atoms with Gasteiger partial charge in [-0.25, -0.2) is 8.42 Å². The highest BCUT2D eigenvalue weighted by atomic mass is 35.5. The van der Waals surface area contributed by atoms with E-state index in [0.717, 1.165) is 17.0 Å². The number of carbonyl (C=O) groups excluding carboxylic acids is 1. The van der Waals surface area contributed by atoms with Crippen molar-refractivity contribution in [3.05, 3.63) is 52.0 Å². The summed E-state index contributed by atoms with van der Waals surface area (Å²) in [7, 11) is -8.53. The Morgan fingerprint density at radius 1 is 1.15 bits per heavy atom. The van der Waals surface area contributed by atoms with Crippen LogP contribution in [0.25, 0.3) is 0 Å². The number of nitrogens with zero attached hydrogens (tertiary/aromatic N) is 1. The van der Waals surface area contributed by atoms with Crippen molar-refractivity contribution in [3.8, 4) is 5.75 Å². The average molecular weight is 438 g/mol. The summed E-state index contributed by atoms with van der Waals surface area (Å²) in [6, 6.07) is 8.12. The topological polar surface area (TPSA) is 118 Å². The Kier molecular flexibility index (Phi) is 4.65. The van der Waals surface area contributed by atoms with Crippen LogP contribution in [0.5, 0.6) is 5.75 Å². The first-order valence-electron chi connectivity index (χ1n) is 6.79. The summed E-state index contributed by atoms with van der Waals surface area (Å²) in [5, 5.41) is -0.706. The molecule has 0 unspecified atom stereocenters. The summed E-state index contributed by atoms with van der Waals surface area (Å²) in [6.07, 6.45) is 0. The summed E-state index contributed by atoms with van der Waals surface area (Å²) >= 11 is 11.7. The van der Waals surface area contributed by atoms with Gasteiger partial charge in [-0.2, -0.15) is 8.42 Å². The van der Waals surface area contributed by atoms with Crippen molar-refractivity contribution < 1.29 is 30.4 Å². The Labute approximate surface area is 158 Å². The van der Waals surface area contributed by atoms with Gasteiger partial charge in [0.2, 0.25) is 0 Å². The largest absolute Gasteiger partial charge is 0.446 e. The molecule has 3 rings (SSSR count). The molecule has 1 heterocycles. The molecule has 2 aromatic rings. The Bertz CT molecular complexity index is 1110. The molecule has 1 aliphatic rings. The van der Waals surface area contributed by atoms with Gasteiger partial charge in [0.15, 0.2) is 15.6 Å². The van der Waals surface area contributed by atoms with Crippen LogP contribution < -0.4 is 9.08 Å². The van der Waals surface area contributed by atoms with Gasteiger partial charge < -0.3 is 4.18 Å². The Balaban J connectivity index is 2.02. The van der Waals surface area contributed by atoms with E-state index in [4.69, 9.17) is 27.8 Å². The molecule has 2 aromatic carbocycles. The minimum absolute atomic E-state index is 0.0249. The molecule has 1 aliphatic heterocycles. The lowest BCUT2D eigenvalue weighted by molar-refractivity contribution is 0.0991. The molecule has 8 nitrogen and oxygen atoms in total. The predicted octanol–water partition coefficient (Wildman–Crippen LogP) is 2.57. The van der Waals surface area contributed by atoms with Gasteiger partial charge in [0.05, 0.1) is 20.6 Å². The van der Waals surface area contributed by atoms with Gasteiger partial charge in [-0.3, -0.25) is 14.2 Å². The highest BCUT2D eigenvalue weighted by Crippen LogP contribution is 2.38. The molecule has 138 valence electrons. The SMILES string of the molecule is O=C(c1cc(Cl)c(OS(=O)(=O)O)c(Cl)c1)N1CS(=O)(=O)c2ccccc21. The third kappa shape index (κ3) is 3.51. The van der Waals surface area contributed by atoms with Gasteiger partial charge >= 0.3 is 10.4 Å². The zero-order valence-electron chi connectivity index (χ0n) is 12.6. The Morgan fingerprint density at radius 3 is 2.31 bits per heavy atom. The number of amides is 1. The van der Waals surface area contributed by atoms with Crippen molar-refractivity contribution in [1.29, 1.82) is 0 Å². The maximum absolute atomic E-state index is 12.7. The minimum Gasteiger partial charge on any atom is -0.359 e. The van der Waals surface area contributed by atoms with Crippen molar-refractivity contribution >= 4 is 55.0 Å². The zero-order valence-corrected chi connectivity index (χ0v) is 15.7. The summed E-state index contributed by atoms with van der Waals surface area (Å²) in [4.78, 5) is 13.8. The molecule has 0 saturated carbocycles. The minimum atomic E-state index is -4.87. The fourth-order valence-corrected chi connectivity index (χ4v) is 5.01. The number of benzene rings is 2. The van der Waals surface area contributed by atoms with Gasteiger partial charge in [0, 0.05) is 5.56 Å². The van der Waals surface area contributed by atoms with Crippen molar-refractivity contribution in [1.82, 2.24) is 0 Å². The number of hydrogen-bond donors (Lipinski definition) is 1. The summed E-state index contributed by atoms with van der Waals surface area (Å²) in [5.41, 5.74) is 0.123. The molecule has 0 atom stereocenters. The first kappa shape index (κ1) is 18.9. The molecule has 1 N–H and O–H groups in total. The van der Waals surface area contributed by atoms with Crippen molar-refractivity contribution in [2.24, 2.45) is 0 Å². The van der Waals surface area contributed by atoms with E-state index in [1.807, 2.05) is 0 Å². The van der Waals surface area contributed by atoms with Crippen LogP contribution in [-0.4, -0.2) is 33.2 Å². The van der Waals surface area contributed by atoms with E-state index in [1.54, 1.807) is 12.1 Å². The summed E-state index contributed by atoms with van der Waals surface area (Å²) in [6.45, 7) is 0. The van der Waals surface area contributed by atoms with Gasteiger partial charge in [0.1, 0.15) is 5.88 Å². The van der Waals surface area contributed by atoms with Crippen LogP contribution in [0.3, 0.4) is 0 Å². The van der Waals surface area contributed by atoms with E-state index >= 15 is 0 Å². The lowest BCUT2D eigenvalue weighted by atomic mass is 10.1. The van der Waals surface area contributed by atoms with Crippen LogP contribution in [-0.2, 0) is 20.2 Å². The third-order valence-electron chi connectivity index (χ3n) is 3.47. The number of para-hydroxylation sites is 1. The van der Waals surface area contributed by atoms with Crippen LogP contribution in [0.15, 0.2) is 41.3 Å². The molecule has 12 heteroatoms. The second-order valence-corrected chi connectivity index (χ2v) is 8.99. The smallest absolute Gasteiger partial charge is 0.359 e. The fraction of sp³-hybridized carbons (Fsp3) is 0.0714. The molecular weight excluding hydrogens is 429 g/mol. The second kappa shape index (κ2) is 6.39. The number of anilines is 1. The van der Waals surface area contributed by atoms with Gasteiger partial charge in [-0.05, 0) is 24.3 Å². The van der Waals surface area contributed by atoms with Gasteiger partial charge in [-0.15, -0.1) is 0 Å². The molecule has 0 bridgehead atoms. The van der Waals surface area contributed by atoms with E-state index in [1.165, 1.54) is 12.1 Å². The highest BCUT2D eigenvalue weighted by molar-refractivity contribution is 7.92. The van der Waals surface area contributed by atoms with Crippen LogP contribution in [0, 0.1) is 0 Å². The molecule has 0 aromatic heterocycles. The number of hydrogen-bond acceptors (Lipinski definition) is 6. The van der Waals surface area contributed by atoms with Gasteiger partial charge in [0.25, 0.3) is 5.91 Å². The van der Waals surface area contributed by atoms with Crippen LogP contribution in [0.2, 0.25) is 10.0 Å². The lowest BCUT2D eigenvalue weighted by Gasteiger charge is -2.16. The standard InChI is InChI=1S/C14H9Cl2NO7S2/c15-9-5-8(6-10(16)13(9)24-26(21,22)23)14(18)17-7-25(19,20)12-4-2-1-3-11(12)17/h1-6H,7H2,(H,21,22,23). The first-order valence-corrected chi connectivity index (χ1v) is 10.6. The molecule has 0 radical (unpaired) electrons. The van der Waals surface area contributed by atoms with Crippen LogP contribution >= 0.6 is 23.2 Å². The normalized spacial score (nSPS) is 15.6. The molecule has 0 aliphatic carbocycles. The molecular formula is C14H9Cl2NO7S2. The van der Waals surface area contributed by atoms with Gasteiger partial charge in [-0.1, -0.05) is 35.3 Å². The third-order valence-corrected chi connectivity index (χ3v) is 6.02. The molecule has 0 fully saturated rings.